The fourth-order valence-corrected chi connectivity index (χ4v) is 4.04. The summed E-state index contributed by atoms with van der Waals surface area (Å²) in [5.41, 5.74) is 2.53. The molecule has 8 nitrogen and oxygen atoms in total. The topological polar surface area (TPSA) is 73.0 Å². The van der Waals surface area contributed by atoms with Crippen LogP contribution in [0.4, 0.5) is 5.95 Å². The molecule has 1 aliphatic heterocycles. The lowest BCUT2D eigenvalue weighted by Crippen LogP contribution is -2.53. The Morgan fingerprint density at radius 2 is 1.76 bits per heavy atom. The second kappa shape index (κ2) is 11.5. The molecule has 174 valence electrons. The van der Waals surface area contributed by atoms with Crippen LogP contribution < -0.4 is 10.2 Å². The van der Waals surface area contributed by atoms with Crippen LogP contribution in [0.25, 0.3) is 0 Å². The number of guanidine groups is 1. The second-order valence-corrected chi connectivity index (χ2v) is 8.21. The lowest BCUT2D eigenvalue weighted by molar-refractivity contribution is 0.287. The third-order valence-electron chi connectivity index (χ3n) is 5.71. The van der Waals surface area contributed by atoms with Gasteiger partial charge in [-0.15, -0.1) is 0 Å². The van der Waals surface area contributed by atoms with E-state index in [2.05, 4.69) is 68.2 Å². The number of benzene rings is 1. The highest BCUT2D eigenvalue weighted by Gasteiger charge is 2.21. The maximum Gasteiger partial charge on any atom is 0.225 e. The van der Waals surface area contributed by atoms with Gasteiger partial charge in [0, 0.05) is 51.7 Å². The standard InChI is InChI=1S/C25H33N7O/c1-3-26-24(31-13-15-32(16-14-31)25-27-11-7-12-28-25)29-18-21-8-4-5-9-22(21)19-30(2)20-23-10-6-17-33-23/h4-12,17H,3,13-16,18-20H2,1-2H3,(H,26,29). The third-order valence-corrected chi connectivity index (χ3v) is 5.71. The summed E-state index contributed by atoms with van der Waals surface area (Å²) in [4.78, 5) is 20.6. The fourth-order valence-electron chi connectivity index (χ4n) is 4.04. The lowest BCUT2D eigenvalue weighted by atomic mass is 10.1. The van der Waals surface area contributed by atoms with Crippen LogP contribution in [0.1, 0.15) is 23.8 Å². The van der Waals surface area contributed by atoms with Gasteiger partial charge in [0.05, 0.1) is 19.4 Å². The molecule has 3 aromatic rings. The minimum atomic E-state index is 0.648. The predicted molar refractivity (Wildman–Crippen MR) is 131 cm³/mol. The van der Waals surface area contributed by atoms with Gasteiger partial charge in [0.15, 0.2) is 5.96 Å². The number of hydrogen-bond donors (Lipinski definition) is 1. The Balaban J connectivity index is 1.39. The van der Waals surface area contributed by atoms with Crippen molar-refractivity contribution in [2.75, 3.05) is 44.7 Å². The van der Waals surface area contributed by atoms with Crippen molar-refractivity contribution >= 4 is 11.9 Å². The molecule has 0 spiro atoms. The Hall–Kier alpha value is -3.39. The van der Waals surface area contributed by atoms with Gasteiger partial charge >= 0.3 is 0 Å². The first-order valence-electron chi connectivity index (χ1n) is 11.6. The Bertz CT molecular complexity index is 999. The van der Waals surface area contributed by atoms with E-state index >= 15 is 0 Å². The molecule has 33 heavy (non-hydrogen) atoms. The van der Waals surface area contributed by atoms with Crippen molar-refractivity contribution in [3.8, 4) is 0 Å². The number of aliphatic imine (C=N–C) groups is 1. The van der Waals surface area contributed by atoms with E-state index in [9.17, 15) is 0 Å². The minimum absolute atomic E-state index is 0.648. The van der Waals surface area contributed by atoms with Gasteiger partial charge in [-0.3, -0.25) is 4.90 Å². The molecule has 3 heterocycles. The Kier molecular flexibility index (Phi) is 7.92. The molecule has 1 fully saturated rings. The van der Waals surface area contributed by atoms with Crippen LogP contribution in [0.5, 0.6) is 0 Å². The van der Waals surface area contributed by atoms with E-state index in [0.29, 0.717) is 6.54 Å². The maximum atomic E-state index is 5.49. The minimum Gasteiger partial charge on any atom is -0.468 e. The molecule has 0 aliphatic carbocycles. The lowest BCUT2D eigenvalue weighted by Gasteiger charge is -2.36. The van der Waals surface area contributed by atoms with Crippen molar-refractivity contribution in [1.82, 2.24) is 25.1 Å². The third kappa shape index (κ3) is 6.32. The summed E-state index contributed by atoms with van der Waals surface area (Å²) in [6.07, 6.45) is 5.31. The predicted octanol–water partition coefficient (Wildman–Crippen LogP) is 2.99. The van der Waals surface area contributed by atoms with Crippen molar-refractivity contribution in [3.63, 3.8) is 0 Å². The zero-order chi connectivity index (χ0) is 22.9. The molecule has 0 atom stereocenters. The molecule has 2 aromatic heterocycles. The molecule has 1 aromatic carbocycles. The maximum absolute atomic E-state index is 5.49. The molecular weight excluding hydrogens is 414 g/mol. The second-order valence-electron chi connectivity index (χ2n) is 8.21. The van der Waals surface area contributed by atoms with Crippen LogP contribution in [0.2, 0.25) is 0 Å². The number of hydrogen-bond acceptors (Lipinski definition) is 6. The van der Waals surface area contributed by atoms with Gasteiger partial charge < -0.3 is 19.5 Å². The van der Waals surface area contributed by atoms with Crippen LogP contribution in [0.15, 0.2) is 70.5 Å². The van der Waals surface area contributed by atoms with Crippen molar-refractivity contribution < 1.29 is 4.42 Å². The van der Waals surface area contributed by atoms with Crippen LogP contribution in [-0.2, 0) is 19.6 Å². The van der Waals surface area contributed by atoms with Gasteiger partial charge in [-0.1, -0.05) is 24.3 Å². The van der Waals surface area contributed by atoms with Gasteiger partial charge in [-0.25, -0.2) is 15.0 Å². The molecule has 0 amide bonds. The van der Waals surface area contributed by atoms with Gasteiger partial charge in [-0.2, -0.15) is 0 Å². The Morgan fingerprint density at radius 3 is 2.45 bits per heavy atom. The normalized spacial score (nSPS) is 14.7. The van der Waals surface area contributed by atoms with E-state index in [-0.39, 0.29) is 0 Å². The number of rotatable bonds is 8. The molecule has 0 bridgehead atoms. The number of furan rings is 1. The first kappa shape index (κ1) is 22.8. The number of piperazine rings is 1. The van der Waals surface area contributed by atoms with Crippen molar-refractivity contribution in [2.24, 2.45) is 4.99 Å². The molecule has 1 aliphatic rings. The van der Waals surface area contributed by atoms with E-state index in [1.54, 1.807) is 18.7 Å². The quantitative estimate of drug-likeness (QED) is 0.420. The van der Waals surface area contributed by atoms with E-state index in [1.165, 1.54) is 11.1 Å². The highest BCUT2D eigenvalue weighted by molar-refractivity contribution is 5.80. The Morgan fingerprint density at radius 1 is 1.00 bits per heavy atom. The number of aromatic nitrogens is 2. The number of anilines is 1. The molecular formula is C25H33N7O. The number of nitrogens with zero attached hydrogens (tertiary/aromatic N) is 6. The fraction of sp³-hybridized carbons (Fsp3) is 0.400. The summed E-state index contributed by atoms with van der Waals surface area (Å²) in [7, 11) is 2.11. The van der Waals surface area contributed by atoms with Crippen molar-refractivity contribution in [2.45, 2.75) is 26.6 Å². The molecule has 1 N–H and O–H groups in total. The van der Waals surface area contributed by atoms with E-state index in [1.807, 2.05) is 18.2 Å². The summed E-state index contributed by atoms with van der Waals surface area (Å²) >= 11 is 0. The van der Waals surface area contributed by atoms with Crippen molar-refractivity contribution in [3.05, 3.63) is 78.0 Å². The van der Waals surface area contributed by atoms with E-state index in [0.717, 1.165) is 63.5 Å². The molecule has 0 unspecified atom stereocenters. The largest absolute Gasteiger partial charge is 0.468 e. The van der Waals surface area contributed by atoms with Crippen LogP contribution in [0, 0.1) is 0 Å². The van der Waals surface area contributed by atoms with Crippen LogP contribution in [-0.4, -0.2) is 65.5 Å². The molecule has 8 heteroatoms. The van der Waals surface area contributed by atoms with Gasteiger partial charge in [0.2, 0.25) is 5.95 Å². The highest BCUT2D eigenvalue weighted by Crippen LogP contribution is 2.15. The molecule has 0 radical (unpaired) electrons. The average molecular weight is 448 g/mol. The van der Waals surface area contributed by atoms with Gasteiger partial charge in [-0.05, 0) is 43.3 Å². The Labute approximate surface area is 196 Å². The summed E-state index contributed by atoms with van der Waals surface area (Å²) in [6, 6.07) is 14.3. The van der Waals surface area contributed by atoms with E-state index in [4.69, 9.17) is 9.41 Å². The monoisotopic (exact) mass is 447 g/mol. The zero-order valence-corrected chi connectivity index (χ0v) is 19.5. The summed E-state index contributed by atoms with van der Waals surface area (Å²) in [5, 5.41) is 3.47. The zero-order valence-electron chi connectivity index (χ0n) is 19.5. The summed E-state index contributed by atoms with van der Waals surface area (Å²) in [6.45, 7) is 8.76. The van der Waals surface area contributed by atoms with Crippen molar-refractivity contribution in [1.29, 1.82) is 0 Å². The summed E-state index contributed by atoms with van der Waals surface area (Å²) in [5.74, 6) is 2.74. The van der Waals surface area contributed by atoms with Crippen LogP contribution >= 0.6 is 0 Å². The molecule has 0 saturated carbocycles. The molecule has 4 rings (SSSR count). The average Bonchev–Trinajstić information content (AvgIpc) is 3.36. The SMILES string of the molecule is CCNC(=NCc1ccccc1CN(C)Cc1ccco1)N1CCN(c2ncccn2)CC1. The smallest absolute Gasteiger partial charge is 0.225 e. The first-order chi connectivity index (χ1) is 16.2. The highest BCUT2D eigenvalue weighted by atomic mass is 16.3. The van der Waals surface area contributed by atoms with E-state index < -0.39 is 0 Å². The number of nitrogens with one attached hydrogen (secondary N) is 1. The van der Waals surface area contributed by atoms with Gasteiger partial charge in [0.25, 0.3) is 0 Å². The molecule has 1 saturated heterocycles. The van der Waals surface area contributed by atoms with Gasteiger partial charge in [0.1, 0.15) is 5.76 Å². The summed E-state index contributed by atoms with van der Waals surface area (Å²) < 4.78 is 5.49. The van der Waals surface area contributed by atoms with Crippen LogP contribution in [0.3, 0.4) is 0 Å². The first-order valence-corrected chi connectivity index (χ1v) is 11.6.